The van der Waals surface area contributed by atoms with Crippen molar-refractivity contribution in [2.75, 3.05) is 6.61 Å². The van der Waals surface area contributed by atoms with E-state index in [-0.39, 0.29) is 17.9 Å². The number of benzene rings is 1. The van der Waals surface area contributed by atoms with Gasteiger partial charge in [-0.25, -0.2) is 0 Å². The highest BCUT2D eigenvalue weighted by atomic mass is 35.5. The fourth-order valence-electron chi connectivity index (χ4n) is 1.06. The van der Waals surface area contributed by atoms with Crippen LogP contribution in [0.15, 0.2) is 24.3 Å². The lowest BCUT2D eigenvalue weighted by Gasteiger charge is -2.10. The molecule has 1 aliphatic rings. The second-order valence-corrected chi connectivity index (χ2v) is 4.04. The van der Waals surface area contributed by atoms with E-state index in [4.69, 9.17) is 22.1 Å². The second kappa shape index (κ2) is 4.39. The molecule has 14 heavy (non-hydrogen) atoms. The predicted molar refractivity (Wildman–Crippen MR) is 60.3 cm³/mol. The number of nitrogens with two attached hydrogens (primary N) is 1. The van der Waals surface area contributed by atoms with Gasteiger partial charge in [-0.15, -0.1) is 12.4 Å². The first-order chi connectivity index (χ1) is 6.18. The van der Waals surface area contributed by atoms with Crippen molar-refractivity contribution in [2.45, 2.75) is 18.4 Å². The third kappa shape index (κ3) is 3.05. The number of hydrogen-bond acceptors (Lipinski definition) is 2. The molecule has 1 fully saturated rings. The van der Waals surface area contributed by atoms with Crippen LogP contribution in [0.25, 0.3) is 0 Å². The van der Waals surface area contributed by atoms with Gasteiger partial charge in [-0.1, -0.05) is 11.6 Å². The minimum atomic E-state index is -0.0559. The zero-order chi connectivity index (χ0) is 9.31. The molecular formula is C10H13Cl2NO. The lowest BCUT2D eigenvalue weighted by molar-refractivity contribution is 0.279. The largest absolute Gasteiger partial charge is 0.492 e. The van der Waals surface area contributed by atoms with E-state index in [0.29, 0.717) is 6.61 Å². The maximum atomic E-state index is 5.87. The van der Waals surface area contributed by atoms with Crippen LogP contribution in [0.4, 0.5) is 0 Å². The molecule has 2 nitrogen and oxygen atoms in total. The molecule has 0 saturated heterocycles. The van der Waals surface area contributed by atoms with Crippen molar-refractivity contribution in [2.24, 2.45) is 5.73 Å². The molecule has 2 N–H and O–H groups in total. The summed E-state index contributed by atoms with van der Waals surface area (Å²) in [4.78, 5) is 0. The fourth-order valence-corrected chi connectivity index (χ4v) is 1.19. The SMILES string of the molecule is Cl.NC1(COc2ccc(Cl)cc2)CC1. The molecule has 0 atom stereocenters. The zero-order valence-electron chi connectivity index (χ0n) is 7.70. The molecule has 2 rings (SSSR count). The van der Waals surface area contributed by atoms with Crippen molar-refractivity contribution in [1.82, 2.24) is 0 Å². The monoisotopic (exact) mass is 233 g/mol. The molecule has 1 saturated carbocycles. The first-order valence-electron chi connectivity index (χ1n) is 4.35. The minimum absolute atomic E-state index is 0. The molecule has 0 aliphatic heterocycles. The molecule has 0 unspecified atom stereocenters. The number of hydrogen-bond donors (Lipinski definition) is 1. The Morgan fingerprint density at radius 1 is 1.29 bits per heavy atom. The van der Waals surface area contributed by atoms with Crippen LogP contribution in [0.2, 0.25) is 5.02 Å². The van der Waals surface area contributed by atoms with Gasteiger partial charge in [-0.2, -0.15) is 0 Å². The van der Waals surface area contributed by atoms with E-state index < -0.39 is 0 Å². The normalized spacial score (nSPS) is 17.0. The molecule has 0 radical (unpaired) electrons. The van der Waals surface area contributed by atoms with Gasteiger partial charge in [0.25, 0.3) is 0 Å². The smallest absolute Gasteiger partial charge is 0.119 e. The quantitative estimate of drug-likeness (QED) is 0.872. The predicted octanol–water partition coefficient (Wildman–Crippen LogP) is 2.63. The Bertz CT molecular complexity index is 295. The Kier molecular flexibility index (Phi) is 3.65. The van der Waals surface area contributed by atoms with Crippen LogP contribution in [0, 0.1) is 0 Å². The van der Waals surface area contributed by atoms with Gasteiger partial charge in [0.2, 0.25) is 0 Å². The summed E-state index contributed by atoms with van der Waals surface area (Å²) in [6.07, 6.45) is 2.14. The van der Waals surface area contributed by atoms with Gasteiger partial charge in [-0.3, -0.25) is 0 Å². The first kappa shape index (κ1) is 11.6. The van der Waals surface area contributed by atoms with E-state index in [1.165, 1.54) is 0 Å². The second-order valence-electron chi connectivity index (χ2n) is 3.60. The van der Waals surface area contributed by atoms with Crippen molar-refractivity contribution >= 4 is 24.0 Å². The van der Waals surface area contributed by atoms with Crippen LogP contribution >= 0.6 is 24.0 Å². The molecule has 0 bridgehead atoms. The number of rotatable bonds is 3. The molecular weight excluding hydrogens is 221 g/mol. The molecule has 0 heterocycles. The van der Waals surface area contributed by atoms with Crippen LogP contribution in [-0.4, -0.2) is 12.1 Å². The van der Waals surface area contributed by atoms with Crippen molar-refractivity contribution < 1.29 is 4.74 Å². The van der Waals surface area contributed by atoms with Crippen molar-refractivity contribution in [3.05, 3.63) is 29.3 Å². The van der Waals surface area contributed by atoms with Crippen LogP contribution in [-0.2, 0) is 0 Å². The van der Waals surface area contributed by atoms with Crippen LogP contribution < -0.4 is 10.5 Å². The third-order valence-corrected chi connectivity index (χ3v) is 2.48. The summed E-state index contributed by atoms with van der Waals surface area (Å²) < 4.78 is 5.50. The number of ether oxygens (including phenoxy) is 1. The molecule has 78 valence electrons. The zero-order valence-corrected chi connectivity index (χ0v) is 9.27. The van der Waals surface area contributed by atoms with Crippen LogP contribution in [0.3, 0.4) is 0 Å². The van der Waals surface area contributed by atoms with E-state index in [9.17, 15) is 0 Å². The van der Waals surface area contributed by atoms with Gasteiger partial charge < -0.3 is 10.5 Å². The minimum Gasteiger partial charge on any atom is -0.492 e. The standard InChI is InChI=1S/C10H12ClNO.ClH/c11-8-1-3-9(4-2-8)13-7-10(12)5-6-10;/h1-4H,5-7,12H2;1H. The van der Waals surface area contributed by atoms with E-state index >= 15 is 0 Å². The van der Waals surface area contributed by atoms with Crippen molar-refractivity contribution in [1.29, 1.82) is 0 Å². The van der Waals surface area contributed by atoms with E-state index in [2.05, 4.69) is 0 Å². The summed E-state index contributed by atoms with van der Waals surface area (Å²) in [7, 11) is 0. The van der Waals surface area contributed by atoms with E-state index in [0.717, 1.165) is 23.6 Å². The van der Waals surface area contributed by atoms with Gasteiger partial charge >= 0.3 is 0 Å². The topological polar surface area (TPSA) is 35.2 Å². The average Bonchev–Trinajstić information content (AvgIpc) is 2.84. The molecule has 4 heteroatoms. The Morgan fingerprint density at radius 2 is 1.86 bits per heavy atom. The molecule has 1 aromatic rings. The Hall–Kier alpha value is -0.440. The first-order valence-corrected chi connectivity index (χ1v) is 4.73. The highest BCUT2D eigenvalue weighted by molar-refractivity contribution is 6.30. The maximum Gasteiger partial charge on any atom is 0.119 e. The summed E-state index contributed by atoms with van der Waals surface area (Å²) in [6, 6.07) is 7.34. The lowest BCUT2D eigenvalue weighted by Crippen LogP contribution is -2.29. The molecule has 0 spiro atoms. The van der Waals surface area contributed by atoms with Crippen molar-refractivity contribution in [3.63, 3.8) is 0 Å². The summed E-state index contributed by atoms with van der Waals surface area (Å²) in [5, 5.41) is 0.723. The molecule has 0 amide bonds. The van der Waals surface area contributed by atoms with Gasteiger partial charge in [0.05, 0.1) is 5.54 Å². The van der Waals surface area contributed by atoms with Crippen LogP contribution in [0.1, 0.15) is 12.8 Å². The van der Waals surface area contributed by atoms with Crippen molar-refractivity contribution in [3.8, 4) is 5.75 Å². The van der Waals surface area contributed by atoms with Gasteiger partial charge in [0.1, 0.15) is 12.4 Å². The third-order valence-electron chi connectivity index (χ3n) is 2.23. The molecule has 1 aromatic carbocycles. The average molecular weight is 234 g/mol. The van der Waals surface area contributed by atoms with E-state index in [1.54, 1.807) is 0 Å². The van der Waals surface area contributed by atoms with Gasteiger partial charge in [0.15, 0.2) is 0 Å². The van der Waals surface area contributed by atoms with Crippen LogP contribution in [0.5, 0.6) is 5.75 Å². The Balaban J connectivity index is 0.000000980. The summed E-state index contributed by atoms with van der Waals surface area (Å²) in [5.41, 5.74) is 5.82. The van der Waals surface area contributed by atoms with Gasteiger partial charge in [0, 0.05) is 5.02 Å². The molecule has 0 aromatic heterocycles. The fraction of sp³-hybridized carbons (Fsp3) is 0.400. The van der Waals surface area contributed by atoms with Gasteiger partial charge in [-0.05, 0) is 37.1 Å². The Morgan fingerprint density at radius 3 is 2.36 bits per heavy atom. The highest BCUT2D eigenvalue weighted by Crippen LogP contribution is 2.32. The maximum absolute atomic E-state index is 5.87. The summed E-state index contributed by atoms with van der Waals surface area (Å²) in [6.45, 7) is 0.606. The lowest BCUT2D eigenvalue weighted by atomic mass is 10.3. The summed E-state index contributed by atoms with van der Waals surface area (Å²) in [5.74, 6) is 0.834. The Labute approximate surface area is 94.8 Å². The number of halogens is 2. The highest BCUT2D eigenvalue weighted by Gasteiger charge is 2.39. The summed E-state index contributed by atoms with van der Waals surface area (Å²) >= 11 is 5.73. The molecule has 1 aliphatic carbocycles. The van der Waals surface area contributed by atoms with E-state index in [1.807, 2.05) is 24.3 Å².